The third-order valence-electron chi connectivity index (χ3n) is 3.55. The Hall–Kier alpha value is -2.51. The van der Waals surface area contributed by atoms with E-state index < -0.39 is 81.1 Å². The quantitative estimate of drug-likeness (QED) is 0.408. The molecule has 0 bridgehead atoms. The van der Waals surface area contributed by atoms with E-state index >= 15 is 0 Å². The van der Waals surface area contributed by atoms with Gasteiger partial charge < -0.3 is 5.11 Å². The van der Waals surface area contributed by atoms with Crippen LogP contribution in [0.15, 0.2) is 0 Å². The van der Waals surface area contributed by atoms with E-state index in [1.165, 1.54) is 0 Å². The second-order valence-corrected chi connectivity index (χ2v) is 5.10. The van der Waals surface area contributed by atoms with Crippen LogP contribution in [-0.4, -0.2) is 11.3 Å². The standard InChI is InChI=1S/C14HF13O/c15-3-1(4(16)8(20)11(23)7(3)19)13(28,14(25,26)27)2-5(17)9(21)12(24)10(22)6(2)18/h28H. The van der Waals surface area contributed by atoms with Crippen molar-refractivity contribution in [2.75, 3.05) is 0 Å². The SMILES string of the molecule is OC(c1c(F)c(F)c(F)c(F)c1F)(c1c(F)c(F)c(F)c(F)c1F)C(F)(F)F. The highest BCUT2D eigenvalue weighted by Crippen LogP contribution is 2.49. The zero-order valence-corrected chi connectivity index (χ0v) is 12.4. The number of halogens is 13. The van der Waals surface area contributed by atoms with Crippen LogP contribution >= 0.6 is 0 Å². The van der Waals surface area contributed by atoms with Crippen LogP contribution in [0.5, 0.6) is 0 Å². The molecule has 0 aliphatic heterocycles. The average molecular weight is 432 g/mol. The Morgan fingerprint density at radius 2 is 0.571 bits per heavy atom. The van der Waals surface area contributed by atoms with E-state index in [1.54, 1.807) is 0 Å². The van der Waals surface area contributed by atoms with E-state index in [1.807, 2.05) is 0 Å². The van der Waals surface area contributed by atoms with Crippen molar-refractivity contribution >= 4 is 0 Å². The van der Waals surface area contributed by atoms with Gasteiger partial charge in [0.05, 0.1) is 11.1 Å². The highest BCUT2D eigenvalue weighted by Gasteiger charge is 2.63. The van der Waals surface area contributed by atoms with Gasteiger partial charge in [-0.1, -0.05) is 0 Å². The Morgan fingerprint density at radius 3 is 0.750 bits per heavy atom. The van der Waals surface area contributed by atoms with Gasteiger partial charge in [0.25, 0.3) is 0 Å². The smallest absolute Gasteiger partial charge is 0.372 e. The van der Waals surface area contributed by atoms with E-state index in [0.29, 0.717) is 0 Å². The minimum absolute atomic E-state index is 3.01. The number of hydrogen-bond donors (Lipinski definition) is 1. The highest BCUT2D eigenvalue weighted by molar-refractivity contribution is 5.43. The van der Waals surface area contributed by atoms with Crippen LogP contribution in [0.4, 0.5) is 57.1 Å². The molecule has 1 N–H and O–H groups in total. The van der Waals surface area contributed by atoms with Gasteiger partial charge in [-0.25, -0.2) is 43.9 Å². The molecule has 2 rings (SSSR count). The minimum Gasteiger partial charge on any atom is -0.372 e. The van der Waals surface area contributed by atoms with Crippen LogP contribution in [0, 0.1) is 58.2 Å². The molecule has 2 aromatic rings. The maximum Gasteiger partial charge on any atom is 0.426 e. The molecule has 0 fully saturated rings. The largest absolute Gasteiger partial charge is 0.426 e. The first-order valence-electron chi connectivity index (χ1n) is 6.43. The number of alkyl halides is 3. The number of hydrogen-bond acceptors (Lipinski definition) is 1. The molecule has 0 aliphatic rings. The van der Waals surface area contributed by atoms with E-state index in [-0.39, 0.29) is 0 Å². The summed E-state index contributed by atoms with van der Waals surface area (Å²) in [6.07, 6.45) is -6.73. The molecule has 154 valence electrons. The molecule has 0 radical (unpaired) electrons. The maximum atomic E-state index is 13.8. The summed E-state index contributed by atoms with van der Waals surface area (Å²) in [5.41, 5.74) is -12.4. The lowest BCUT2D eigenvalue weighted by Crippen LogP contribution is -2.47. The fraction of sp³-hybridized carbons (Fsp3) is 0.143. The third-order valence-corrected chi connectivity index (χ3v) is 3.55. The molecule has 1 nitrogen and oxygen atoms in total. The Morgan fingerprint density at radius 1 is 0.393 bits per heavy atom. The highest BCUT2D eigenvalue weighted by atomic mass is 19.4. The van der Waals surface area contributed by atoms with E-state index in [9.17, 15) is 62.2 Å². The molecule has 0 spiro atoms. The Balaban J connectivity index is 3.17. The van der Waals surface area contributed by atoms with E-state index in [4.69, 9.17) is 0 Å². The van der Waals surface area contributed by atoms with Crippen molar-refractivity contribution in [3.05, 3.63) is 69.3 Å². The van der Waals surface area contributed by atoms with Gasteiger partial charge in [0, 0.05) is 0 Å². The molecule has 0 unspecified atom stereocenters. The zero-order chi connectivity index (χ0) is 21.9. The third kappa shape index (κ3) is 2.69. The summed E-state index contributed by atoms with van der Waals surface area (Å²) >= 11 is 0. The second kappa shape index (κ2) is 6.53. The molecule has 0 heterocycles. The molecule has 0 aromatic heterocycles. The summed E-state index contributed by atoms with van der Waals surface area (Å²) in [6, 6.07) is 0. The van der Waals surface area contributed by atoms with Crippen LogP contribution in [0.3, 0.4) is 0 Å². The predicted molar refractivity (Wildman–Crippen MR) is 61.5 cm³/mol. The van der Waals surface area contributed by atoms with Gasteiger partial charge in [-0.05, 0) is 0 Å². The van der Waals surface area contributed by atoms with Crippen molar-refractivity contribution in [1.29, 1.82) is 0 Å². The van der Waals surface area contributed by atoms with Crippen molar-refractivity contribution in [2.45, 2.75) is 11.8 Å². The van der Waals surface area contributed by atoms with Gasteiger partial charge in [0.2, 0.25) is 17.2 Å². The topological polar surface area (TPSA) is 20.2 Å². The lowest BCUT2D eigenvalue weighted by Gasteiger charge is -2.32. The van der Waals surface area contributed by atoms with Crippen molar-refractivity contribution in [3.8, 4) is 0 Å². The van der Waals surface area contributed by atoms with Crippen molar-refractivity contribution < 1.29 is 62.2 Å². The second-order valence-electron chi connectivity index (χ2n) is 5.10. The molecule has 2 aromatic carbocycles. The van der Waals surface area contributed by atoms with Gasteiger partial charge in [-0.3, -0.25) is 0 Å². The monoisotopic (exact) mass is 432 g/mol. The fourth-order valence-electron chi connectivity index (χ4n) is 2.25. The first-order valence-corrected chi connectivity index (χ1v) is 6.43. The molecule has 14 heteroatoms. The summed E-state index contributed by atoms with van der Waals surface area (Å²) < 4.78 is 174. The lowest BCUT2D eigenvalue weighted by molar-refractivity contribution is -0.252. The molecule has 0 saturated heterocycles. The van der Waals surface area contributed by atoms with Gasteiger partial charge in [-0.2, -0.15) is 13.2 Å². The maximum absolute atomic E-state index is 13.8. The van der Waals surface area contributed by atoms with Crippen LogP contribution in [0.2, 0.25) is 0 Å². The number of aliphatic hydroxyl groups is 1. The van der Waals surface area contributed by atoms with Gasteiger partial charge in [-0.15, -0.1) is 0 Å². The van der Waals surface area contributed by atoms with Crippen molar-refractivity contribution in [2.24, 2.45) is 0 Å². The Bertz CT molecular complexity index is 851. The fourth-order valence-corrected chi connectivity index (χ4v) is 2.25. The molecule has 0 atom stereocenters. The van der Waals surface area contributed by atoms with Crippen LogP contribution in [0.1, 0.15) is 11.1 Å². The predicted octanol–water partition coefficient (Wildman–Crippen LogP) is 4.88. The van der Waals surface area contributed by atoms with Crippen molar-refractivity contribution in [3.63, 3.8) is 0 Å². The van der Waals surface area contributed by atoms with Gasteiger partial charge >= 0.3 is 6.18 Å². The summed E-state index contributed by atoms with van der Waals surface area (Å²) in [4.78, 5) is 0. The Kier molecular flexibility index (Phi) is 5.08. The zero-order valence-electron chi connectivity index (χ0n) is 12.4. The Labute approximate surface area is 144 Å². The summed E-state index contributed by atoms with van der Waals surface area (Å²) in [6.45, 7) is 0. The van der Waals surface area contributed by atoms with E-state index in [0.717, 1.165) is 0 Å². The number of rotatable bonds is 2. The molecule has 0 amide bonds. The van der Waals surface area contributed by atoms with Crippen LogP contribution in [-0.2, 0) is 5.60 Å². The minimum atomic E-state index is -6.73. The molecule has 28 heavy (non-hydrogen) atoms. The lowest BCUT2D eigenvalue weighted by atomic mass is 9.83. The average Bonchev–Trinajstić information content (AvgIpc) is 2.60. The molecule has 0 saturated carbocycles. The van der Waals surface area contributed by atoms with Crippen LogP contribution in [0.25, 0.3) is 0 Å². The van der Waals surface area contributed by atoms with Gasteiger partial charge in [0.1, 0.15) is 0 Å². The summed E-state index contributed by atoms with van der Waals surface area (Å²) in [7, 11) is 0. The van der Waals surface area contributed by atoms with Crippen molar-refractivity contribution in [1.82, 2.24) is 0 Å². The van der Waals surface area contributed by atoms with Crippen LogP contribution < -0.4 is 0 Å². The normalized spacial score (nSPS) is 12.6. The molecule has 0 aliphatic carbocycles. The summed E-state index contributed by atoms with van der Waals surface area (Å²) in [5, 5.41) is 9.70. The molecular formula is C14HF13O. The van der Waals surface area contributed by atoms with E-state index in [2.05, 4.69) is 0 Å². The van der Waals surface area contributed by atoms with Gasteiger partial charge in [0.15, 0.2) is 46.5 Å². The molecular weight excluding hydrogens is 431 g/mol. The number of benzene rings is 2. The first kappa shape index (κ1) is 21.8. The summed E-state index contributed by atoms with van der Waals surface area (Å²) in [5.74, 6) is -32.0. The first-order chi connectivity index (χ1) is 12.6.